The fourth-order valence-electron chi connectivity index (χ4n) is 2.16. The van der Waals surface area contributed by atoms with Gasteiger partial charge in [0.05, 0.1) is 7.11 Å². The summed E-state index contributed by atoms with van der Waals surface area (Å²) in [6.45, 7) is 3.40. The van der Waals surface area contributed by atoms with Gasteiger partial charge < -0.3 is 14.8 Å². The summed E-state index contributed by atoms with van der Waals surface area (Å²) in [6, 6.07) is 5.78. The van der Waals surface area contributed by atoms with Crippen LogP contribution in [0, 0.1) is 6.92 Å². The number of esters is 1. The minimum atomic E-state index is -0.384. The third kappa shape index (κ3) is 3.75. The molecule has 0 amide bonds. The SMILES string of the molecule is COc1cc(C)cc(-c2ncn(/C=C\C(=O)OC3CNC3)n2)c1. The second-order valence-electron chi connectivity index (χ2n) is 5.32. The van der Waals surface area contributed by atoms with E-state index in [0.717, 1.165) is 16.9 Å². The van der Waals surface area contributed by atoms with E-state index in [1.165, 1.54) is 17.0 Å². The molecule has 0 atom stereocenters. The van der Waals surface area contributed by atoms with Crippen LogP contribution in [-0.2, 0) is 9.53 Å². The monoisotopic (exact) mass is 314 g/mol. The zero-order chi connectivity index (χ0) is 16.2. The standard InChI is InChI=1S/C16H18N4O3/c1-11-5-12(7-13(6-11)22-2)16-18-10-20(19-16)4-3-15(21)23-14-8-17-9-14/h3-7,10,14,17H,8-9H2,1-2H3/b4-3-. The summed E-state index contributed by atoms with van der Waals surface area (Å²) in [7, 11) is 1.62. The smallest absolute Gasteiger partial charge is 0.332 e. The summed E-state index contributed by atoms with van der Waals surface area (Å²) in [4.78, 5) is 15.9. The van der Waals surface area contributed by atoms with Gasteiger partial charge in [-0.05, 0) is 30.7 Å². The van der Waals surface area contributed by atoms with Crippen molar-refractivity contribution in [3.05, 3.63) is 36.2 Å². The Morgan fingerprint density at radius 1 is 1.39 bits per heavy atom. The molecule has 2 heterocycles. The van der Waals surface area contributed by atoms with Crippen molar-refractivity contribution in [2.45, 2.75) is 13.0 Å². The largest absolute Gasteiger partial charge is 0.497 e. The van der Waals surface area contributed by atoms with E-state index in [1.807, 2.05) is 25.1 Å². The Labute approximate surface area is 133 Å². The summed E-state index contributed by atoms with van der Waals surface area (Å²) in [5, 5.41) is 7.36. The maximum atomic E-state index is 11.6. The zero-order valence-corrected chi connectivity index (χ0v) is 13.0. The topological polar surface area (TPSA) is 78.3 Å². The van der Waals surface area contributed by atoms with Gasteiger partial charge in [0.1, 0.15) is 18.2 Å². The first-order valence-corrected chi connectivity index (χ1v) is 7.31. The second-order valence-corrected chi connectivity index (χ2v) is 5.32. The molecule has 1 fully saturated rings. The number of aryl methyl sites for hydroxylation is 1. The van der Waals surface area contributed by atoms with Crippen LogP contribution in [0.2, 0.25) is 0 Å². The van der Waals surface area contributed by atoms with E-state index in [0.29, 0.717) is 18.9 Å². The molecule has 1 aliphatic heterocycles. The van der Waals surface area contributed by atoms with Gasteiger partial charge in [-0.25, -0.2) is 14.5 Å². The lowest BCUT2D eigenvalue weighted by molar-refractivity contribution is -0.145. The maximum absolute atomic E-state index is 11.6. The second kappa shape index (κ2) is 6.62. The zero-order valence-electron chi connectivity index (χ0n) is 13.0. The minimum Gasteiger partial charge on any atom is -0.497 e. The molecule has 1 aromatic carbocycles. The molecular formula is C16H18N4O3. The number of nitrogens with one attached hydrogen (secondary N) is 1. The van der Waals surface area contributed by atoms with Gasteiger partial charge >= 0.3 is 5.97 Å². The van der Waals surface area contributed by atoms with Gasteiger partial charge in [0.2, 0.25) is 0 Å². The number of carbonyl (C=O) groups is 1. The molecule has 2 aromatic rings. The van der Waals surface area contributed by atoms with Crippen LogP contribution in [0.1, 0.15) is 5.56 Å². The van der Waals surface area contributed by atoms with Crippen LogP contribution in [0.4, 0.5) is 0 Å². The highest BCUT2D eigenvalue weighted by molar-refractivity contribution is 5.85. The lowest BCUT2D eigenvalue weighted by atomic mass is 10.1. The highest BCUT2D eigenvalue weighted by Gasteiger charge is 2.19. The first-order chi connectivity index (χ1) is 11.1. The van der Waals surface area contributed by atoms with E-state index in [1.54, 1.807) is 13.4 Å². The van der Waals surface area contributed by atoms with Gasteiger partial charge in [-0.15, -0.1) is 5.10 Å². The van der Waals surface area contributed by atoms with Crippen molar-refractivity contribution in [3.63, 3.8) is 0 Å². The predicted octanol–water partition coefficient (Wildman–Crippen LogP) is 1.25. The molecule has 0 aliphatic carbocycles. The summed E-state index contributed by atoms with van der Waals surface area (Å²) in [5.74, 6) is 0.934. The molecule has 7 heteroatoms. The molecule has 0 saturated carbocycles. The molecule has 0 unspecified atom stereocenters. The molecule has 1 aromatic heterocycles. The Hall–Kier alpha value is -2.67. The van der Waals surface area contributed by atoms with Crippen molar-refractivity contribution in [2.75, 3.05) is 20.2 Å². The molecule has 0 spiro atoms. The van der Waals surface area contributed by atoms with E-state index < -0.39 is 0 Å². The third-order valence-corrected chi connectivity index (χ3v) is 3.44. The van der Waals surface area contributed by atoms with Crippen LogP contribution in [0.15, 0.2) is 30.6 Å². The average molecular weight is 314 g/mol. The lowest BCUT2D eigenvalue weighted by Gasteiger charge is -2.25. The Kier molecular flexibility index (Phi) is 4.38. The number of ether oxygens (including phenoxy) is 2. The number of rotatable bonds is 5. The van der Waals surface area contributed by atoms with Crippen LogP contribution in [0.25, 0.3) is 17.6 Å². The minimum absolute atomic E-state index is 0.0294. The first kappa shape index (κ1) is 15.2. The molecule has 3 rings (SSSR count). The Balaban J connectivity index is 1.70. The van der Waals surface area contributed by atoms with Crippen molar-refractivity contribution in [2.24, 2.45) is 0 Å². The lowest BCUT2D eigenvalue weighted by Crippen LogP contribution is -2.49. The van der Waals surface area contributed by atoms with E-state index >= 15 is 0 Å². The Morgan fingerprint density at radius 3 is 2.91 bits per heavy atom. The van der Waals surface area contributed by atoms with Crippen LogP contribution in [-0.4, -0.2) is 47.0 Å². The maximum Gasteiger partial charge on any atom is 0.332 e. The van der Waals surface area contributed by atoms with Gasteiger partial charge in [0, 0.05) is 30.9 Å². The Bertz CT molecular complexity index is 735. The number of carbonyl (C=O) groups excluding carboxylic acids is 1. The molecule has 120 valence electrons. The van der Waals surface area contributed by atoms with Gasteiger partial charge in [0.25, 0.3) is 0 Å². The quantitative estimate of drug-likeness (QED) is 0.661. The normalized spacial score (nSPS) is 14.7. The number of aromatic nitrogens is 3. The number of benzene rings is 1. The molecular weight excluding hydrogens is 296 g/mol. The number of hydrogen-bond acceptors (Lipinski definition) is 6. The average Bonchev–Trinajstić information content (AvgIpc) is 2.97. The molecule has 1 aliphatic rings. The molecule has 1 N–H and O–H groups in total. The molecule has 1 saturated heterocycles. The van der Waals surface area contributed by atoms with Crippen LogP contribution in [0.5, 0.6) is 5.75 Å². The van der Waals surface area contributed by atoms with E-state index in [-0.39, 0.29) is 12.1 Å². The van der Waals surface area contributed by atoms with E-state index in [4.69, 9.17) is 9.47 Å². The van der Waals surface area contributed by atoms with E-state index in [9.17, 15) is 4.79 Å². The summed E-state index contributed by atoms with van der Waals surface area (Å²) in [5.41, 5.74) is 1.92. The molecule has 0 bridgehead atoms. The van der Waals surface area contributed by atoms with Crippen LogP contribution < -0.4 is 10.1 Å². The number of hydrogen-bond donors (Lipinski definition) is 1. The fourth-order valence-corrected chi connectivity index (χ4v) is 2.16. The third-order valence-electron chi connectivity index (χ3n) is 3.44. The summed E-state index contributed by atoms with van der Waals surface area (Å²) >= 11 is 0. The van der Waals surface area contributed by atoms with Crippen molar-refractivity contribution >= 4 is 12.2 Å². The molecule has 7 nitrogen and oxygen atoms in total. The van der Waals surface area contributed by atoms with Gasteiger partial charge in [0.15, 0.2) is 5.82 Å². The van der Waals surface area contributed by atoms with Gasteiger partial charge in [-0.1, -0.05) is 0 Å². The fraction of sp³-hybridized carbons (Fsp3) is 0.312. The van der Waals surface area contributed by atoms with Crippen molar-refractivity contribution in [1.82, 2.24) is 20.1 Å². The van der Waals surface area contributed by atoms with Crippen molar-refractivity contribution in [1.29, 1.82) is 0 Å². The number of nitrogens with zero attached hydrogens (tertiary/aromatic N) is 3. The molecule has 0 radical (unpaired) electrons. The van der Waals surface area contributed by atoms with Gasteiger partial charge in [-0.2, -0.15) is 0 Å². The highest BCUT2D eigenvalue weighted by atomic mass is 16.5. The summed E-state index contributed by atoms with van der Waals surface area (Å²) < 4.78 is 11.9. The number of methoxy groups -OCH3 is 1. The van der Waals surface area contributed by atoms with Crippen molar-refractivity contribution < 1.29 is 14.3 Å². The van der Waals surface area contributed by atoms with Crippen molar-refractivity contribution in [3.8, 4) is 17.1 Å². The van der Waals surface area contributed by atoms with Crippen LogP contribution in [0.3, 0.4) is 0 Å². The predicted molar refractivity (Wildman–Crippen MR) is 84.8 cm³/mol. The Morgan fingerprint density at radius 2 is 2.22 bits per heavy atom. The first-order valence-electron chi connectivity index (χ1n) is 7.31. The van der Waals surface area contributed by atoms with Crippen LogP contribution >= 0.6 is 0 Å². The molecule has 23 heavy (non-hydrogen) atoms. The van der Waals surface area contributed by atoms with E-state index in [2.05, 4.69) is 15.4 Å². The highest BCUT2D eigenvalue weighted by Crippen LogP contribution is 2.23. The van der Waals surface area contributed by atoms with Gasteiger partial charge in [-0.3, -0.25) is 0 Å². The summed E-state index contributed by atoms with van der Waals surface area (Å²) in [6.07, 6.45) is 4.38.